The maximum atomic E-state index is 5.31. The molecule has 4 aromatic carbocycles. The predicted octanol–water partition coefficient (Wildman–Crippen LogP) is 12.8. The van der Waals surface area contributed by atoms with Crippen LogP contribution >= 0.6 is 24.8 Å². The van der Waals surface area contributed by atoms with Crippen LogP contribution in [0.4, 0.5) is 0 Å². The summed E-state index contributed by atoms with van der Waals surface area (Å²) >= 11 is -6.45. The van der Waals surface area contributed by atoms with Crippen LogP contribution in [0.3, 0.4) is 0 Å². The van der Waals surface area contributed by atoms with E-state index >= 15 is 0 Å². The van der Waals surface area contributed by atoms with Crippen molar-refractivity contribution < 1.29 is 12.3 Å². The smallest absolute Gasteiger partial charge is 0.147 e. The zero-order chi connectivity index (χ0) is 34.5. The molecule has 0 saturated heterocycles. The van der Waals surface area contributed by atoms with E-state index in [4.69, 9.17) is 3.80 Å². The Hall–Kier alpha value is -3.21. The van der Waals surface area contributed by atoms with E-state index in [2.05, 4.69) is 198 Å². The molecule has 267 valence electrons. The van der Waals surface area contributed by atoms with Crippen LogP contribution in [0.2, 0.25) is 13.1 Å². The van der Waals surface area contributed by atoms with E-state index in [1.54, 1.807) is 3.88 Å². The largest absolute Gasteiger partial charge is 0.147 e. The third kappa shape index (κ3) is 3.61. The van der Waals surface area contributed by atoms with Crippen LogP contribution in [0.1, 0.15) is 88.6 Å². The molecule has 0 radical (unpaired) electrons. The van der Waals surface area contributed by atoms with Crippen molar-refractivity contribution in [2.24, 2.45) is 0 Å². The average Bonchev–Trinajstić information content (AvgIpc) is 3.96. The van der Waals surface area contributed by atoms with Gasteiger partial charge >= 0.3 is 298 Å². The summed E-state index contributed by atoms with van der Waals surface area (Å²) < 4.78 is 7.58. The van der Waals surface area contributed by atoms with Crippen molar-refractivity contribution in [3.05, 3.63) is 188 Å². The molecular formula is C47H52Cl2NSiTi. The average molecular weight is 778 g/mol. The molecule has 4 atom stereocenters. The van der Waals surface area contributed by atoms with Gasteiger partial charge in [0.15, 0.2) is 0 Å². The van der Waals surface area contributed by atoms with Crippen molar-refractivity contribution in [3.63, 3.8) is 0 Å². The van der Waals surface area contributed by atoms with Crippen molar-refractivity contribution in [2.45, 2.75) is 62.7 Å². The van der Waals surface area contributed by atoms with Crippen LogP contribution in [-0.4, -0.2) is 12.2 Å². The Morgan fingerprint density at radius 1 is 0.538 bits per heavy atom. The van der Waals surface area contributed by atoms with Crippen LogP contribution in [-0.2, 0) is 12.3 Å². The van der Waals surface area contributed by atoms with Crippen LogP contribution in [0, 0.1) is 0 Å². The molecule has 1 N–H and O–H groups in total. The van der Waals surface area contributed by atoms with Gasteiger partial charge in [-0.3, -0.25) is 0 Å². The molecule has 4 aromatic rings. The number of benzene rings is 4. The molecule has 5 aliphatic carbocycles. The third-order valence-electron chi connectivity index (χ3n) is 15.9. The molecule has 1 nitrogen and oxygen atoms in total. The first kappa shape index (κ1) is 37.1. The maximum absolute atomic E-state index is 6.45. The van der Waals surface area contributed by atoms with Gasteiger partial charge in [-0.1, -0.05) is 0 Å². The van der Waals surface area contributed by atoms with Gasteiger partial charge in [0.05, 0.1) is 0 Å². The Balaban J connectivity index is 0.00000210. The zero-order valence-electron chi connectivity index (χ0n) is 31.0. The second kappa shape index (κ2) is 11.6. The van der Waals surface area contributed by atoms with Gasteiger partial charge in [0.25, 0.3) is 0 Å². The van der Waals surface area contributed by atoms with E-state index in [1.165, 1.54) is 44.5 Å². The van der Waals surface area contributed by atoms with Gasteiger partial charge in [-0.05, 0) is 0 Å². The zero-order valence-corrected chi connectivity index (χ0v) is 35.3. The number of rotatable bonds is 7. The van der Waals surface area contributed by atoms with Crippen molar-refractivity contribution >= 4 is 55.8 Å². The van der Waals surface area contributed by atoms with E-state index in [1.807, 2.05) is 0 Å². The fourth-order valence-corrected chi connectivity index (χ4v) is 70.9. The first-order chi connectivity index (χ1) is 24.1. The summed E-state index contributed by atoms with van der Waals surface area (Å²) in [5.41, 5.74) is 11.3. The molecule has 5 aliphatic rings. The third-order valence-corrected chi connectivity index (χ3v) is 68.1. The fourth-order valence-electron chi connectivity index (χ4n) is 15.0. The Morgan fingerprint density at radius 2 is 0.865 bits per heavy atom. The topological polar surface area (TPSA) is 12.0 Å². The Kier molecular flexibility index (Phi) is 8.31. The van der Waals surface area contributed by atoms with Crippen LogP contribution in [0.15, 0.2) is 143 Å². The summed E-state index contributed by atoms with van der Waals surface area (Å²) in [4.78, 5) is 0. The molecule has 52 heavy (non-hydrogen) atoms. The molecule has 0 aromatic heterocycles. The molecular weight excluding hydrogens is 725 g/mol. The van der Waals surface area contributed by atoms with Gasteiger partial charge in [-0.15, -0.1) is 24.8 Å². The van der Waals surface area contributed by atoms with E-state index < -0.39 is 18.9 Å². The van der Waals surface area contributed by atoms with Gasteiger partial charge in [0, 0.05) is 0 Å². The van der Waals surface area contributed by atoms with E-state index in [9.17, 15) is 0 Å². The minimum absolute atomic E-state index is 0. The summed E-state index contributed by atoms with van der Waals surface area (Å²) in [5, 5.41) is 0. The summed E-state index contributed by atoms with van der Waals surface area (Å²) in [6.07, 6.45) is 29.5. The van der Waals surface area contributed by atoms with Gasteiger partial charge in [-0.25, -0.2) is 0 Å². The minimum Gasteiger partial charge on any atom is -0.147 e. The molecule has 0 saturated carbocycles. The standard InChI is InChI=1S/4C9H7.C5H5.C4H10N.C2H7Si.2ClH.Ti/c4*1-2-5-9-7-3-6-8(9)4-1;1-2-4-5-3-1;1-4(2,3)5;1-3-2;;;/h4*1-7H;1-3H,4H2;5H,1-3H3;3H,1-2H3;2*1H;/q;;;;;-1;;;;+1. The monoisotopic (exact) mass is 776 g/mol. The quantitative estimate of drug-likeness (QED) is 0.184. The van der Waals surface area contributed by atoms with Crippen molar-refractivity contribution in [1.82, 2.24) is 3.80 Å². The first-order valence-electron chi connectivity index (χ1n) is 18.9. The Labute approximate surface area is 320 Å². The van der Waals surface area contributed by atoms with E-state index in [0.717, 1.165) is 6.42 Å². The number of allylic oxidation sites excluding steroid dienone is 8. The first-order valence-corrected chi connectivity index (χ1v) is 29.6. The Bertz CT molecular complexity index is 2070. The summed E-state index contributed by atoms with van der Waals surface area (Å²) in [6, 6.07) is 37.8. The molecule has 9 rings (SSSR count). The summed E-state index contributed by atoms with van der Waals surface area (Å²) in [5.74, 6) is 0. The summed E-state index contributed by atoms with van der Waals surface area (Å²) in [7, 11) is 0. The number of halogens is 2. The van der Waals surface area contributed by atoms with Crippen LogP contribution < -0.4 is 3.80 Å². The molecule has 4 unspecified atom stereocenters. The molecule has 0 heterocycles. The van der Waals surface area contributed by atoms with Crippen molar-refractivity contribution in [1.29, 1.82) is 0 Å². The van der Waals surface area contributed by atoms with Gasteiger partial charge in [0.2, 0.25) is 0 Å². The minimum atomic E-state index is -6.45. The van der Waals surface area contributed by atoms with E-state index in [-0.39, 0.29) is 47.2 Å². The van der Waals surface area contributed by atoms with Gasteiger partial charge < -0.3 is 0 Å². The molecule has 0 aliphatic heterocycles. The Morgan fingerprint density at radius 3 is 1.13 bits per heavy atom. The number of hydrogen-bond donors (Lipinski definition) is 1. The molecule has 0 spiro atoms. The maximum Gasteiger partial charge on any atom is -0.147 e. The van der Waals surface area contributed by atoms with Crippen LogP contribution in [0.5, 0.6) is 0 Å². The van der Waals surface area contributed by atoms with Crippen molar-refractivity contribution in [2.75, 3.05) is 0 Å². The second-order valence-electron chi connectivity index (χ2n) is 18.0. The van der Waals surface area contributed by atoms with Gasteiger partial charge in [0.1, 0.15) is 0 Å². The van der Waals surface area contributed by atoms with Crippen molar-refractivity contribution in [3.8, 4) is 0 Å². The van der Waals surface area contributed by atoms with E-state index in [0.29, 0.717) is 0 Å². The number of fused-ring (bicyclic) bond motifs is 4. The number of hydrogen-bond acceptors (Lipinski definition) is 1. The van der Waals surface area contributed by atoms with Gasteiger partial charge in [-0.2, -0.15) is 0 Å². The number of nitrogens with one attached hydrogen (secondary N) is 1. The molecule has 0 fully saturated rings. The molecule has 0 bridgehead atoms. The normalized spacial score (nSPS) is 23.8. The fraction of sp³-hybridized carbons (Fsp3) is 0.234. The summed E-state index contributed by atoms with van der Waals surface area (Å²) in [6.45, 7) is 11.0. The molecule has 5 heteroatoms. The second-order valence-corrected chi connectivity index (χ2v) is 48.9. The molecule has 0 amide bonds. The van der Waals surface area contributed by atoms with Crippen LogP contribution in [0.25, 0.3) is 24.3 Å². The predicted molar refractivity (Wildman–Crippen MR) is 231 cm³/mol. The SMILES string of the molecule is C[SiH](C)[Ti]([NH]C(C)(C)C)([C]1=CC=CC1)([CH]1C=Cc2ccccc21)([CH]1C=Cc2ccccc21)([CH]1C=Cc2ccccc21)[CH]1C=Cc2ccccc21.Cl.Cl.